The number of aromatic hydroxyl groups is 1. The van der Waals surface area contributed by atoms with Crippen molar-refractivity contribution in [1.29, 1.82) is 0 Å². The molecule has 1 heterocycles. The van der Waals surface area contributed by atoms with Gasteiger partial charge in [0.25, 0.3) is 5.91 Å². The molecule has 0 saturated carbocycles. The van der Waals surface area contributed by atoms with E-state index in [1.807, 2.05) is 30.3 Å². The molecule has 1 N–H and O–H groups in total. The summed E-state index contributed by atoms with van der Waals surface area (Å²) < 4.78 is 1.07. The Morgan fingerprint density at radius 3 is 2.68 bits per heavy atom. The van der Waals surface area contributed by atoms with Gasteiger partial charge in [-0.15, -0.1) is 0 Å². The van der Waals surface area contributed by atoms with E-state index in [0.29, 0.717) is 15.3 Å². The van der Waals surface area contributed by atoms with Crippen molar-refractivity contribution in [3.05, 3.63) is 75.1 Å². The predicted octanol–water partition coefficient (Wildman–Crippen LogP) is 4.28. The van der Waals surface area contributed by atoms with Crippen LogP contribution in [0.4, 0.5) is 0 Å². The highest BCUT2D eigenvalue weighted by molar-refractivity contribution is 9.10. The number of thiocarbonyl (C=S) groups is 1. The van der Waals surface area contributed by atoms with Gasteiger partial charge in [0.15, 0.2) is 5.78 Å². The van der Waals surface area contributed by atoms with Gasteiger partial charge >= 0.3 is 0 Å². The highest BCUT2D eigenvalue weighted by Gasteiger charge is 2.32. The molecule has 0 unspecified atom stereocenters. The van der Waals surface area contributed by atoms with Crippen LogP contribution in [0.3, 0.4) is 0 Å². The highest BCUT2D eigenvalue weighted by atomic mass is 79.9. The number of halogens is 1. The zero-order valence-electron chi connectivity index (χ0n) is 12.8. The van der Waals surface area contributed by atoms with Gasteiger partial charge in [-0.3, -0.25) is 14.5 Å². The lowest BCUT2D eigenvalue weighted by Gasteiger charge is -2.14. The van der Waals surface area contributed by atoms with Crippen LogP contribution >= 0.6 is 39.9 Å². The first kappa shape index (κ1) is 17.8. The van der Waals surface area contributed by atoms with Crippen molar-refractivity contribution in [3.63, 3.8) is 0 Å². The van der Waals surface area contributed by atoms with Gasteiger partial charge in [0.1, 0.15) is 10.1 Å². The molecular weight excluding hydrogens is 422 g/mol. The summed E-state index contributed by atoms with van der Waals surface area (Å²) in [5.74, 6) is -0.884. The molecule has 2 aromatic rings. The molecule has 7 heteroatoms. The van der Waals surface area contributed by atoms with Crippen LogP contribution in [-0.2, 0) is 11.3 Å². The topological polar surface area (TPSA) is 57.6 Å². The van der Waals surface area contributed by atoms with Crippen molar-refractivity contribution in [2.24, 2.45) is 0 Å². The maximum atomic E-state index is 12.6. The number of carbonyl (C=O) groups is 2. The van der Waals surface area contributed by atoms with E-state index in [2.05, 4.69) is 15.9 Å². The average molecular weight is 434 g/mol. The number of benzene rings is 2. The first-order valence-electron chi connectivity index (χ1n) is 7.28. The van der Waals surface area contributed by atoms with E-state index in [0.717, 1.165) is 17.3 Å². The molecule has 0 spiro atoms. The SMILES string of the molecule is O=C(/C=C1/SC(=S)N(Cc2ccccc2)C1=O)c1cc(Br)ccc1O. The Balaban J connectivity index is 1.82. The van der Waals surface area contributed by atoms with Crippen molar-refractivity contribution in [1.82, 2.24) is 4.90 Å². The van der Waals surface area contributed by atoms with Crippen LogP contribution in [0.25, 0.3) is 0 Å². The summed E-state index contributed by atoms with van der Waals surface area (Å²) in [6, 6.07) is 14.1. The molecule has 1 fully saturated rings. The molecule has 1 saturated heterocycles. The highest BCUT2D eigenvalue weighted by Crippen LogP contribution is 2.33. The number of hydrogen-bond acceptors (Lipinski definition) is 5. The van der Waals surface area contributed by atoms with E-state index in [9.17, 15) is 14.7 Å². The fourth-order valence-electron chi connectivity index (χ4n) is 2.30. The van der Waals surface area contributed by atoms with Crippen molar-refractivity contribution in [3.8, 4) is 5.75 Å². The number of thioether (sulfide) groups is 1. The van der Waals surface area contributed by atoms with Gasteiger partial charge in [0, 0.05) is 10.5 Å². The molecule has 0 aromatic heterocycles. The van der Waals surface area contributed by atoms with E-state index in [-0.39, 0.29) is 22.1 Å². The number of phenolic OH excluding ortho intramolecular Hbond substituents is 1. The van der Waals surface area contributed by atoms with Gasteiger partial charge in [-0.2, -0.15) is 0 Å². The minimum Gasteiger partial charge on any atom is -0.507 e. The molecule has 4 nitrogen and oxygen atoms in total. The van der Waals surface area contributed by atoms with Crippen LogP contribution in [0.1, 0.15) is 15.9 Å². The summed E-state index contributed by atoms with van der Waals surface area (Å²) in [7, 11) is 0. The van der Waals surface area contributed by atoms with E-state index in [4.69, 9.17) is 12.2 Å². The number of phenols is 1. The lowest BCUT2D eigenvalue weighted by molar-refractivity contribution is -0.122. The van der Waals surface area contributed by atoms with Crippen molar-refractivity contribution < 1.29 is 14.7 Å². The number of allylic oxidation sites excluding steroid dienone is 1. The Morgan fingerprint density at radius 1 is 1.24 bits per heavy atom. The number of ketones is 1. The monoisotopic (exact) mass is 433 g/mol. The summed E-state index contributed by atoms with van der Waals surface area (Å²) in [4.78, 5) is 26.7. The Bertz CT molecular complexity index is 896. The fraction of sp³-hybridized carbons (Fsp3) is 0.0556. The molecule has 0 atom stereocenters. The maximum absolute atomic E-state index is 12.6. The Labute approximate surface area is 162 Å². The number of nitrogens with zero attached hydrogens (tertiary/aromatic N) is 1. The third kappa shape index (κ3) is 4.00. The molecule has 25 heavy (non-hydrogen) atoms. The van der Waals surface area contributed by atoms with Gasteiger partial charge in [0.2, 0.25) is 0 Å². The molecular formula is C18H12BrNO3S2. The van der Waals surface area contributed by atoms with Crippen molar-refractivity contribution >= 4 is 55.9 Å². The third-order valence-electron chi connectivity index (χ3n) is 3.54. The molecule has 126 valence electrons. The number of hydrogen-bond donors (Lipinski definition) is 1. The van der Waals surface area contributed by atoms with Gasteiger partial charge in [-0.05, 0) is 23.8 Å². The standard InChI is InChI=1S/C18H12BrNO3S2/c19-12-6-7-14(21)13(8-12)15(22)9-16-17(23)20(18(24)25-16)10-11-4-2-1-3-5-11/h1-9,21H,10H2/b16-9+. The number of carbonyl (C=O) groups excluding carboxylic acids is 2. The predicted molar refractivity (Wildman–Crippen MR) is 105 cm³/mol. The zero-order chi connectivity index (χ0) is 18.0. The van der Waals surface area contributed by atoms with Gasteiger partial charge in [-0.1, -0.05) is 70.2 Å². The minimum absolute atomic E-state index is 0.128. The molecule has 3 rings (SSSR count). The Kier molecular flexibility index (Phi) is 5.36. The summed E-state index contributed by atoms with van der Waals surface area (Å²) in [5, 5.41) is 9.85. The quantitative estimate of drug-likeness (QED) is 0.442. The molecule has 0 aliphatic carbocycles. The van der Waals surface area contributed by atoms with Crippen molar-refractivity contribution in [2.75, 3.05) is 0 Å². The van der Waals surface area contributed by atoms with E-state index in [1.165, 1.54) is 23.1 Å². The van der Waals surface area contributed by atoms with Crippen LogP contribution in [0.5, 0.6) is 5.75 Å². The van der Waals surface area contributed by atoms with Crippen LogP contribution in [0.2, 0.25) is 0 Å². The third-order valence-corrected chi connectivity index (χ3v) is 5.41. The summed E-state index contributed by atoms with van der Waals surface area (Å²) >= 11 is 9.62. The molecule has 1 aliphatic heterocycles. The maximum Gasteiger partial charge on any atom is 0.266 e. The van der Waals surface area contributed by atoms with Crippen molar-refractivity contribution in [2.45, 2.75) is 6.54 Å². The largest absolute Gasteiger partial charge is 0.507 e. The van der Waals surface area contributed by atoms with Crippen LogP contribution in [0, 0.1) is 0 Å². The van der Waals surface area contributed by atoms with Gasteiger partial charge < -0.3 is 5.11 Å². The van der Waals surface area contributed by atoms with E-state index < -0.39 is 5.78 Å². The van der Waals surface area contributed by atoms with Gasteiger partial charge in [0.05, 0.1) is 17.0 Å². The fourth-order valence-corrected chi connectivity index (χ4v) is 3.89. The Morgan fingerprint density at radius 2 is 1.96 bits per heavy atom. The molecule has 1 amide bonds. The molecule has 0 radical (unpaired) electrons. The average Bonchev–Trinajstić information content (AvgIpc) is 2.85. The molecule has 0 bridgehead atoms. The Hall–Kier alpha value is -1.96. The number of amides is 1. The lowest BCUT2D eigenvalue weighted by atomic mass is 10.1. The normalized spacial score (nSPS) is 15.9. The molecule has 2 aromatic carbocycles. The smallest absolute Gasteiger partial charge is 0.266 e. The van der Waals surface area contributed by atoms with E-state index >= 15 is 0 Å². The second-order valence-electron chi connectivity index (χ2n) is 5.28. The van der Waals surface area contributed by atoms with E-state index in [1.54, 1.807) is 6.07 Å². The first-order valence-corrected chi connectivity index (χ1v) is 9.29. The van der Waals surface area contributed by atoms with Crippen LogP contribution in [-0.4, -0.2) is 26.0 Å². The van der Waals surface area contributed by atoms with Crippen LogP contribution < -0.4 is 0 Å². The summed E-state index contributed by atoms with van der Waals surface area (Å²) in [6.45, 7) is 0.360. The first-order chi connectivity index (χ1) is 12.0. The van der Waals surface area contributed by atoms with Gasteiger partial charge in [-0.25, -0.2) is 0 Å². The zero-order valence-corrected chi connectivity index (χ0v) is 16.0. The lowest BCUT2D eigenvalue weighted by Crippen LogP contribution is -2.27. The number of rotatable bonds is 4. The molecule has 1 aliphatic rings. The van der Waals surface area contributed by atoms with Crippen LogP contribution in [0.15, 0.2) is 64.0 Å². The second-order valence-corrected chi connectivity index (χ2v) is 7.87. The summed E-state index contributed by atoms with van der Waals surface area (Å²) in [5.41, 5.74) is 1.08. The second kappa shape index (κ2) is 7.51. The summed E-state index contributed by atoms with van der Waals surface area (Å²) in [6.07, 6.45) is 1.23. The minimum atomic E-state index is -0.445.